The third-order valence-electron chi connectivity index (χ3n) is 10.0. The van der Waals surface area contributed by atoms with Crippen LogP contribution < -0.4 is 28.7 Å². The predicted molar refractivity (Wildman–Crippen MR) is 133 cm³/mol. The lowest BCUT2D eigenvalue weighted by atomic mass is 9.48. The standard InChI is InChI=1S/C30H35NO4.HI/c1-31(19-21-9-10-21)16-15-29-26-22-11-12-23(32)27(26)35-28(29)24(33)13-14-30(29,25(31)18-22)34-17-5-8-20-6-3-2-4-7-20;/h2-4,6-7,11-12,21,25,28H,5,8-10,13-19H2,1H3;1H/t25?,28?,29-,30+,31+;/m0./s1. The van der Waals surface area contributed by atoms with Gasteiger partial charge in [-0.3, -0.25) is 4.79 Å². The Bertz CT molecular complexity index is 1180. The van der Waals surface area contributed by atoms with Crippen molar-refractivity contribution < 1.29 is 47.8 Å². The quantitative estimate of drug-likeness (QED) is 0.296. The van der Waals surface area contributed by atoms with Crippen molar-refractivity contribution in [3.8, 4) is 11.5 Å². The number of aryl methyl sites for hydroxylation is 1. The molecule has 5 nitrogen and oxygen atoms in total. The molecule has 192 valence electrons. The van der Waals surface area contributed by atoms with E-state index in [1.54, 1.807) is 6.07 Å². The van der Waals surface area contributed by atoms with E-state index in [9.17, 15) is 9.90 Å². The zero-order valence-corrected chi connectivity index (χ0v) is 23.2. The molecule has 0 amide bonds. The molecule has 1 saturated heterocycles. The first kappa shape index (κ1) is 24.7. The van der Waals surface area contributed by atoms with Gasteiger partial charge in [0, 0.05) is 37.4 Å². The topological polar surface area (TPSA) is 55.8 Å². The maximum atomic E-state index is 13.4. The minimum absolute atomic E-state index is 0. The van der Waals surface area contributed by atoms with Crippen LogP contribution in [0.2, 0.25) is 0 Å². The first-order valence-corrected chi connectivity index (χ1v) is 13.5. The van der Waals surface area contributed by atoms with Crippen LogP contribution in [0.3, 0.4) is 0 Å². The summed E-state index contributed by atoms with van der Waals surface area (Å²) in [6.45, 7) is 2.93. The van der Waals surface area contributed by atoms with Gasteiger partial charge in [0.25, 0.3) is 0 Å². The summed E-state index contributed by atoms with van der Waals surface area (Å²) in [6.07, 6.45) is 7.16. The maximum Gasteiger partial charge on any atom is 0.174 e. The summed E-state index contributed by atoms with van der Waals surface area (Å²) in [4.78, 5) is 13.4. The van der Waals surface area contributed by atoms with Crippen LogP contribution in [0.1, 0.15) is 55.2 Å². The molecule has 0 aromatic heterocycles. The molecule has 2 aliphatic heterocycles. The van der Waals surface area contributed by atoms with E-state index in [0.29, 0.717) is 24.8 Å². The fourth-order valence-corrected chi connectivity index (χ4v) is 8.38. The Kier molecular flexibility index (Phi) is 5.97. The number of carbonyl (C=O) groups is 1. The van der Waals surface area contributed by atoms with Crippen LogP contribution in [0.5, 0.6) is 11.5 Å². The zero-order valence-electron chi connectivity index (χ0n) is 21.0. The molecule has 7 rings (SSSR count). The van der Waals surface area contributed by atoms with Gasteiger partial charge in [-0.2, -0.15) is 0 Å². The van der Waals surface area contributed by atoms with Gasteiger partial charge in [0.05, 0.1) is 25.6 Å². The molecule has 36 heavy (non-hydrogen) atoms. The van der Waals surface area contributed by atoms with Gasteiger partial charge in [-0.1, -0.05) is 36.4 Å². The highest BCUT2D eigenvalue weighted by molar-refractivity contribution is 5.90. The minimum atomic E-state index is -0.537. The lowest BCUT2D eigenvalue weighted by Crippen LogP contribution is -3.00. The highest BCUT2D eigenvalue weighted by Gasteiger charge is 2.77. The molecule has 3 aliphatic carbocycles. The number of benzene rings is 2. The molecule has 0 radical (unpaired) electrons. The number of piperidine rings is 1. The van der Waals surface area contributed by atoms with Crippen molar-refractivity contribution >= 4 is 5.78 Å². The number of hydrogen-bond donors (Lipinski definition) is 1. The van der Waals surface area contributed by atoms with Gasteiger partial charge in [-0.05, 0) is 49.3 Å². The molecule has 2 bridgehead atoms. The fraction of sp³-hybridized carbons (Fsp3) is 0.567. The van der Waals surface area contributed by atoms with E-state index >= 15 is 0 Å². The molecular formula is C30H36INO4. The summed E-state index contributed by atoms with van der Waals surface area (Å²) in [5, 5.41) is 10.8. The monoisotopic (exact) mass is 601 g/mol. The highest BCUT2D eigenvalue weighted by atomic mass is 127. The van der Waals surface area contributed by atoms with Crippen LogP contribution >= 0.6 is 0 Å². The molecule has 2 aromatic carbocycles. The summed E-state index contributed by atoms with van der Waals surface area (Å²) in [5.41, 5.74) is 2.76. The Balaban J connectivity index is 0.00000240. The number of likely N-dealkylation sites (N-methyl/N-ethyl adjacent to an activating group) is 1. The summed E-state index contributed by atoms with van der Waals surface area (Å²) in [5.74, 6) is 1.71. The smallest absolute Gasteiger partial charge is 0.174 e. The number of phenols is 1. The number of likely N-dealkylation sites (tertiary alicyclic amines) is 1. The molecular weight excluding hydrogens is 565 g/mol. The SMILES string of the molecule is C[N@+]1(CC2CC2)CC[C@]23c4c5ccc(O)c4OC2C(=O)CC[C@@]3(OCCCc2ccccc2)C1C5.[I-]. The molecule has 5 aliphatic rings. The molecule has 2 saturated carbocycles. The Morgan fingerprint density at radius 1 is 1.14 bits per heavy atom. The van der Waals surface area contributed by atoms with Gasteiger partial charge in [0.2, 0.25) is 0 Å². The first-order valence-electron chi connectivity index (χ1n) is 13.5. The number of carbonyl (C=O) groups excluding carboxylic acids is 1. The number of hydrogen-bond acceptors (Lipinski definition) is 4. The predicted octanol–water partition coefficient (Wildman–Crippen LogP) is 1.33. The largest absolute Gasteiger partial charge is 1.00 e. The number of ketones is 1. The molecule has 2 heterocycles. The lowest BCUT2D eigenvalue weighted by Gasteiger charge is -2.66. The summed E-state index contributed by atoms with van der Waals surface area (Å²) in [6, 6.07) is 14.8. The van der Waals surface area contributed by atoms with Gasteiger partial charge in [0.1, 0.15) is 11.6 Å². The van der Waals surface area contributed by atoms with Crippen molar-refractivity contribution in [2.24, 2.45) is 5.92 Å². The van der Waals surface area contributed by atoms with Gasteiger partial charge in [-0.25, -0.2) is 0 Å². The molecule has 5 atom stereocenters. The third kappa shape index (κ3) is 3.36. The van der Waals surface area contributed by atoms with E-state index in [-0.39, 0.29) is 35.5 Å². The number of Topliss-reactive ketones (excluding diaryl/α,β-unsaturated/α-hetero) is 1. The lowest BCUT2D eigenvalue weighted by molar-refractivity contribution is -0.950. The van der Waals surface area contributed by atoms with Gasteiger partial charge < -0.3 is 43.0 Å². The molecule has 2 aromatic rings. The van der Waals surface area contributed by atoms with Crippen LogP contribution in [0.25, 0.3) is 0 Å². The number of halogens is 1. The van der Waals surface area contributed by atoms with Crippen molar-refractivity contribution in [2.75, 3.05) is 26.7 Å². The number of ether oxygens (including phenoxy) is 2. The van der Waals surface area contributed by atoms with E-state index in [1.807, 2.05) is 0 Å². The summed E-state index contributed by atoms with van der Waals surface area (Å²) < 4.78 is 14.6. The van der Waals surface area contributed by atoms with Gasteiger partial charge in [-0.15, -0.1) is 0 Å². The highest BCUT2D eigenvalue weighted by Crippen LogP contribution is 2.67. The van der Waals surface area contributed by atoms with Gasteiger partial charge >= 0.3 is 0 Å². The third-order valence-corrected chi connectivity index (χ3v) is 10.0. The van der Waals surface area contributed by atoms with Crippen molar-refractivity contribution in [1.29, 1.82) is 0 Å². The average molecular weight is 602 g/mol. The zero-order chi connectivity index (χ0) is 23.8. The van der Waals surface area contributed by atoms with E-state index in [1.165, 1.54) is 30.5 Å². The average Bonchev–Trinajstić information content (AvgIpc) is 3.59. The van der Waals surface area contributed by atoms with E-state index in [4.69, 9.17) is 9.47 Å². The number of quaternary nitrogens is 1. The van der Waals surface area contributed by atoms with Crippen molar-refractivity contribution in [1.82, 2.24) is 0 Å². The Hall–Kier alpha value is -1.64. The fourth-order valence-electron chi connectivity index (χ4n) is 8.38. The van der Waals surface area contributed by atoms with Crippen LogP contribution in [-0.4, -0.2) is 59.9 Å². The van der Waals surface area contributed by atoms with Crippen LogP contribution in [0, 0.1) is 5.92 Å². The van der Waals surface area contributed by atoms with Crippen molar-refractivity contribution in [3.05, 3.63) is 59.2 Å². The van der Waals surface area contributed by atoms with Crippen molar-refractivity contribution in [2.45, 2.75) is 74.5 Å². The van der Waals surface area contributed by atoms with E-state index < -0.39 is 17.1 Å². The first-order chi connectivity index (χ1) is 17.0. The number of nitrogens with zero attached hydrogens (tertiary/aromatic N) is 1. The summed E-state index contributed by atoms with van der Waals surface area (Å²) >= 11 is 0. The Labute approximate surface area is 230 Å². The number of rotatable bonds is 7. The number of aromatic hydroxyl groups is 1. The Morgan fingerprint density at radius 2 is 1.94 bits per heavy atom. The second-order valence-corrected chi connectivity index (χ2v) is 12.0. The van der Waals surface area contributed by atoms with E-state index in [0.717, 1.165) is 54.6 Å². The van der Waals surface area contributed by atoms with Crippen molar-refractivity contribution in [3.63, 3.8) is 0 Å². The molecule has 1 N–H and O–H groups in total. The molecule has 3 fully saturated rings. The molecule has 1 spiro atoms. The van der Waals surface area contributed by atoms with Crippen LogP contribution in [0.4, 0.5) is 0 Å². The van der Waals surface area contributed by atoms with Crippen LogP contribution in [-0.2, 0) is 27.8 Å². The number of phenolic OH excluding ortho intramolecular Hbond substituents is 1. The summed E-state index contributed by atoms with van der Waals surface area (Å²) in [7, 11) is 2.44. The molecule has 2 unspecified atom stereocenters. The second kappa shape index (κ2) is 8.70. The van der Waals surface area contributed by atoms with Gasteiger partial charge in [0.15, 0.2) is 23.4 Å². The maximum absolute atomic E-state index is 13.4. The molecule has 6 heteroatoms. The minimum Gasteiger partial charge on any atom is -1.00 e. The Morgan fingerprint density at radius 3 is 2.72 bits per heavy atom. The normalized spacial score (nSPS) is 35.5. The second-order valence-electron chi connectivity index (χ2n) is 12.0. The van der Waals surface area contributed by atoms with E-state index in [2.05, 4.69) is 43.4 Å². The van der Waals surface area contributed by atoms with Crippen LogP contribution in [0.15, 0.2) is 42.5 Å².